The standard InChI is InChI=1S/C9H12Cl2N4/c1-3-5(2)13-7-6(4-12)14-9(11)15-8(7)10/h4-5,12-13H,3H2,1-2H3. The fourth-order valence-electron chi connectivity index (χ4n) is 1.01. The number of halogens is 2. The number of rotatable bonds is 4. The number of anilines is 1. The zero-order valence-corrected chi connectivity index (χ0v) is 10.0. The minimum absolute atomic E-state index is 0.0493. The van der Waals surface area contributed by atoms with Crippen molar-refractivity contribution < 1.29 is 0 Å². The van der Waals surface area contributed by atoms with Crippen molar-refractivity contribution in [3.8, 4) is 0 Å². The SMILES string of the molecule is CCC(C)Nc1c(Cl)nc(Cl)nc1C=N. The molecule has 0 bridgehead atoms. The molecule has 15 heavy (non-hydrogen) atoms. The predicted octanol–water partition coefficient (Wildman–Crippen LogP) is 2.99. The largest absolute Gasteiger partial charge is 0.378 e. The molecule has 0 fully saturated rings. The fourth-order valence-corrected chi connectivity index (χ4v) is 1.46. The van der Waals surface area contributed by atoms with Crippen LogP contribution >= 0.6 is 23.2 Å². The van der Waals surface area contributed by atoms with Gasteiger partial charge in [0.15, 0.2) is 5.15 Å². The summed E-state index contributed by atoms with van der Waals surface area (Å²) in [5.41, 5.74) is 0.964. The van der Waals surface area contributed by atoms with E-state index in [4.69, 9.17) is 28.6 Å². The van der Waals surface area contributed by atoms with Crippen LogP contribution in [0.2, 0.25) is 10.4 Å². The zero-order chi connectivity index (χ0) is 11.4. The predicted molar refractivity (Wildman–Crippen MR) is 63.3 cm³/mol. The lowest BCUT2D eigenvalue weighted by Gasteiger charge is -2.15. The van der Waals surface area contributed by atoms with E-state index in [0.29, 0.717) is 11.4 Å². The third kappa shape index (κ3) is 3.04. The highest BCUT2D eigenvalue weighted by atomic mass is 35.5. The van der Waals surface area contributed by atoms with Gasteiger partial charge in [-0.05, 0) is 24.9 Å². The Hall–Kier alpha value is -0.870. The van der Waals surface area contributed by atoms with Crippen molar-refractivity contribution in [2.45, 2.75) is 26.3 Å². The lowest BCUT2D eigenvalue weighted by atomic mass is 10.2. The van der Waals surface area contributed by atoms with Gasteiger partial charge in [0.2, 0.25) is 5.28 Å². The van der Waals surface area contributed by atoms with Gasteiger partial charge in [-0.1, -0.05) is 18.5 Å². The van der Waals surface area contributed by atoms with Gasteiger partial charge in [0.05, 0.1) is 0 Å². The van der Waals surface area contributed by atoms with Crippen LogP contribution in [-0.4, -0.2) is 22.2 Å². The van der Waals surface area contributed by atoms with E-state index in [9.17, 15) is 0 Å². The summed E-state index contributed by atoms with van der Waals surface area (Å²) in [6.45, 7) is 4.06. The summed E-state index contributed by atoms with van der Waals surface area (Å²) in [5, 5.41) is 10.6. The van der Waals surface area contributed by atoms with Crippen molar-refractivity contribution in [2.24, 2.45) is 0 Å². The van der Waals surface area contributed by atoms with E-state index in [1.807, 2.05) is 13.8 Å². The molecule has 0 amide bonds. The van der Waals surface area contributed by atoms with Crippen molar-refractivity contribution in [1.29, 1.82) is 5.41 Å². The fraction of sp³-hybridized carbons (Fsp3) is 0.444. The van der Waals surface area contributed by atoms with E-state index in [1.165, 1.54) is 0 Å². The summed E-state index contributed by atoms with van der Waals surface area (Å²) in [4.78, 5) is 7.73. The Morgan fingerprint density at radius 2 is 2.13 bits per heavy atom. The van der Waals surface area contributed by atoms with Gasteiger partial charge in [-0.25, -0.2) is 9.97 Å². The van der Waals surface area contributed by atoms with E-state index in [1.54, 1.807) is 0 Å². The van der Waals surface area contributed by atoms with Gasteiger partial charge in [0.1, 0.15) is 11.4 Å². The molecule has 1 aromatic heterocycles. The highest BCUT2D eigenvalue weighted by Crippen LogP contribution is 2.24. The first-order valence-corrected chi connectivity index (χ1v) is 5.34. The highest BCUT2D eigenvalue weighted by Gasteiger charge is 2.12. The molecule has 1 unspecified atom stereocenters. The monoisotopic (exact) mass is 246 g/mol. The molecule has 82 valence electrons. The van der Waals surface area contributed by atoms with Crippen molar-refractivity contribution >= 4 is 35.1 Å². The van der Waals surface area contributed by atoms with E-state index >= 15 is 0 Å². The van der Waals surface area contributed by atoms with Crippen LogP contribution in [0.25, 0.3) is 0 Å². The van der Waals surface area contributed by atoms with Crippen LogP contribution in [0.4, 0.5) is 5.69 Å². The molecule has 1 rings (SSSR count). The Morgan fingerprint density at radius 1 is 1.47 bits per heavy atom. The Bertz CT molecular complexity index is 367. The van der Waals surface area contributed by atoms with Gasteiger partial charge in [0, 0.05) is 12.3 Å². The molecular formula is C9H12Cl2N4. The van der Waals surface area contributed by atoms with E-state index < -0.39 is 0 Å². The summed E-state index contributed by atoms with van der Waals surface area (Å²) in [6.07, 6.45) is 2.04. The molecule has 1 heterocycles. The Balaban J connectivity index is 3.09. The van der Waals surface area contributed by atoms with Gasteiger partial charge in [-0.3, -0.25) is 0 Å². The van der Waals surface area contributed by atoms with Crippen molar-refractivity contribution in [2.75, 3.05) is 5.32 Å². The van der Waals surface area contributed by atoms with Gasteiger partial charge < -0.3 is 10.7 Å². The minimum atomic E-state index is 0.0493. The number of hydrogen-bond acceptors (Lipinski definition) is 4. The Labute approximate surface area is 98.5 Å². The van der Waals surface area contributed by atoms with Crippen molar-refractivity contribution in [3.05, 3.63) is 16.1 Å². The van der Waals surface area contributed by atoms with Crippen LogP contribution in [0, 0.1) is 5.41 Å². The van der Waals surface area contributed by atoms with E-state index in [2.05, 4.69) is 15.3 Å². The maximum atomic E-state index is 7.21. The number of hydrogen-bond donors (Lipinski definition) is 2. The second-order valence-corrected chi connectivity index (χ2v) is 3.84. The van der Waals surface area contributed by atoms with Crippen LogP contribution in [0.15, 0.2) is 0 Å². The lowest BCUT2D eigenvalue weighted by Crippen LogP contribution is -2.16. The molecule has 0 radical (unpaired) electrons. The summed E-state index contributed by atoms with van der Waals surface area (Å²) >= 11 is 11.5. The molecule has 0 aliphatic heterocycles. The molecule has 2 N–H and O–H groups in total. The van der Waals surface area contributed by atoms with E-state index in [-0.39, 0.29) is 16.5 Å². The topological polar surface area (TPSA) is 61.7 Å². The zero-order valence-electron chi connectivity index (χ0n) is 8.51. The molecule has 0 saturated heterocycles. The second kappa shape index (κ2) is 5.28. The van der Waals surface area contributed by atoms with Crippen LogP contribution in [0.3, 0.4) is 0 Å². The summed E-state index contributed by atoms with van der Waals surface area (Å²) in [7, 11) is 0. The van der Waals surface area contributed by atoms with Gasteiger partial charge >= 0.3 is 0 Å². The van der Waals surface area contributed by atoms with Gasteiger partial charge in [-0.2, -0.15) is 0 Å². The maximum absolute atomic E-state index is 7.21. The molecule has 0 saturated carbocycles. The summed E-state index contributed by atoms with van der Waals surface area (Å²) in [6, 6.07) is 0.242. The summed E-state index contributed by atoms with van der Waals surface area (Å²) < 4.78 is 0. The van der Waals surface area contributed by atoms with Gasteiger partial charge in [0.25, 0.3) is 0 Å². The van der Waals surface area contributed by atoms with Crippen LogP contribution in [0.1, 0.15) is 26.0 Å². The van der Waals surface area contributed by atoms with Crippen LogP contribution < -0.4 is 5.32 Å². The molecule has 4 nitrogen and oxygen atoms in total. The molecule has 1 atom stereocenters. The molecule has 0 aromatic carbocycles. The smallest absolute Gasteiger partial charge is 0.224 e. The molecule has 6 heteroatoms. The van der Waals surface area contributed by atoms with Crippen molar-refractivity contribution in [3.63, 3.8) is 0 Å². The normalized spacial score (nSPS) is 12.3. The molecular weight excluding hydrogens is 235 g/mol. The number of aromatic nitrogens is 2. The van der Waals surface area contributed by atoms with E-state index in [0.717, 1.165) is 12.6 Å². The Kier molecular flexibility index (Phi) is 4.29. The second-order valence-electron chi connectivity index (χ2n) is 3.14. The maximum Gasteiger partial charge on any atom is 0.224 e. The molecule has 0 spiro atoms. The average Bonchev–Trinajstić information content (AvgIpc) is 2.21. The van der Waals surface area contributed by atoms with Gasteiger partial charge in [-0.15, -0.1) is 0 Å². The van der Waals surface area contributed by atoms with Crippen LogP contribution in [0.5, 0.6) is 0 Å². The average molecular weight is 247 g/mol. The summed E-state index contributed by atoms with van der Waals surface area (Å²) in [5.74, 6) is 0. The quantitative estimate of drug-likeness (QED) is 0.488. The number of nitrogens with one attached hydrogen (secondary N) is 2. The van der Waals surface area contributed by atoms with Crippen LogP contribution in [-0.2, 0) is 0 Å². The molecule has 0 aliphatic carbocycles. The third-order valence-corrected chi connectivity index (χ3v) is 2.45. The number of nitrogens with zero attached hydrogens (tertiary/aromatic N) is 2. The first kappa shape index (κ1) is 12.2. The third-order valence-electron chi connectivity index (χ3n) is 2.01. The lowest BCUT2D eigenvalue weighted by molar-refractivity contribution is 0.762. The first-order valence-electron chi connectivity index (χ1n) is 4.58. The first-order chi connectivity index (χ1) is 7.08. The molecule has 0 aliphatic rings. The minimum Gasteiger partial charge on any atom is -0.378 e. The Morgan fingerprint density at radius 3 is 2.67 bits per heavy atom. The highest BCUT2D eigenvalue weighted by molar-refractivity contribution is 6.34. The molecule has 1 aromatic rings. The van der Waals surface area contributed by atoms with Crippen molar-refractivity contribution in [1.82, 2.24) is 9.97 Å².